The molecule has 8 heteroatoms. The predicted molar refractivity (Wildman–Crippen MR) is 110 cm³/mol. The van der Waals surface area contributed by atoms with Gasteiger partial charge in [-0.1, -0.05) is 6.07 Å². The quantitative estimate of drug-likeness (QED) is 0.728. The van der Waals surface area contributed by atoms with Crippen LogP contribution < -0.4 is 19.1 Å². The van der Waals surface area contributed by atoms with Crippen molar-refractivity contribution in [2.24, 2.45) is 0 Å². The Bertz CT molecular complexity index is 926. The summed E-state index contributed by atoms with van der Waals surface area (Å²) in [7, 11) is 1.27. The van der Waals surface area contributed by atoms with Crippen LogP contribution >= 0.6 is 0 Å². The third-order valence-corrected chi connectivity index (χ3v) is 6.31. The summed E-state index contributed by atoms with van der Waals surface area (Å²) in [6.07, 6.45) is 0. The number of benzene rings is 2. The fourth-order valence-electron chi connectivity index (χ4n) is 2.66. The number of amides is 1. The van der Waals surface area contributed by atoms with Gasteiger partial charge >= 0.3 is 0 Å². The molecule has 7 nitrogen and oxygen atoms in total. The summed E-state index contributed by atoms with van der Waals surface area (Å²) in [5, 5.41) is 2.92. The molecule has 0 unspecified atom stereocenters. The SMILES string of the molecule is CCS(=O)(=O)N(C)c1ccc(C(=O)N[C@@H](C)c2ccc(OC)c(OC)c2)cc1. The summed E-state index contributed by atoms with van der Waals surface area (Å²) < 4.78 is 35.6. The molecule has 0 saturated heterocycles. The minimum absolute atomic E-state index is 0.00851. The van der Waals surface area contributed by atoms with E-state index < -0.39 is 10.0 Å². The molecule has 2 aromatic rings. The second-order valence-corrected chi connectivity index (χ2v) is 8.51. The molecule has 0 heterocycles. The average molecular weight is 407 g/mol. The number of rotatable bonds is 8. The van der Waals surface area contributed by atoms with Crippen LogP contribution in [0.5, 0.6) is 11.5 Å². The molecule has 2 rings (SSSR count). The highest BCUT2D eigenvalue weighted by Gasteiger charge is 2.17. The lowest BCUT2D eigenvalue weighted by Crippen LogP contribution is -2.28. The molecule has 0 bridgehead atoms. The van der Waals surface area contributed by atoms with Crippen LogP contribution in [0.2, 0.25) is 0 Å². The largest absolute Gasteiger partial charge is 0.493 e. The van der Waals surface area contributed by atoms with Crippen LogP contribution in [0.1, 0.15) is 35.8 Å². The fourth-order valence-corrected chi connectivity index (χ4v) is 3.49. The molecule has 0 aliphatic carbocycles. The number of anilines is 1. The molecule has 1 amide bonds. The average Bonchev–Trinajstić information content (AvgIpc) is 2.72. The van der Waals surface area contributed by atoms with Crippen molar-refractivity contribution in [3.8, 4) is 11.5 Å². The summed E-state index contributed by atoms with van der Waals surface area (Å²) >= 11 is 0. The molecule has 2 aromatic carbocycles. The topological polar surface area (TPSA) is 84.9 Å². The fraction of sp³-hybridized carbons (Fsp3) is 0.350. The van der Waals surface area contributed by atoms with Crippen LogP contribution in [0, 0.1) is 0 Å². The van der Waals surface area contributed by atoms with Gasteiger partial charge < -0.3 is 14.8 Å². The van der Waals surface area contributed by atoms with Gasteiger partial charge in [0.25, 0.3) is 5.91 Å². The Morgan fingerprint density at radius 3 is 2.21 bits per heavy atom. The first-order chi connectivity index (χ1) is 13.2. The van der Waals surface area contributed by atoms with E-state index in [0.717, 1.165) is 5.56 Å². The van der Waals surface area contributed by atoms with E-state index in [1.807, 2.05) is 19.1 Å². The Balaban J connectivity index is 2.12. The highest BCUT2D eigenvalue weighted by atomic mass is 32.2. The number of methoxy groups -OCH3 is 2. The first kappa shape index (κ1) is 21.6. The first-order valence-corrected chi connectivity index (χ1v) is 10.4. The highest BCUT2D eigenvalue weighted by Crippen LogP contribution is 2.30. The summed E-state index contributed by atoms with van der Waals surface area (Å²) in [5.41, 5.74) is 1.82. The van der Waals surface area contributed by atoms with E-state index in [1.54, 1.807) is 51.5 Å². The Morgan fingerprint density at radius 1 is 1.07 bits per heavy atom. The van der Waals surface area contributed by atoms with Gasteiger partial charge in [0.2, 0.25) is 10.0 Å². The van der Waals surface area contributed by atoms with E-state index in [2.05, 4.69) is 5.32 Å². The van der Waals surface area contributed by atoms with Gasteiger partial charge in [0, 0.05) is 12.6 Å². The number of hydrogen-bond acceptors (Lipinski definition) is 5. The zero-order valence-electron chi connectivity index (χ0n) is 16.7. The van der Waals surface area contributed by atoms with Gasteiger partial charge in [0.05, 0.1) is 31.7 Å². The number of carbonyl (C=O) groups is 1. The minimum atomic E-state index is -3.34. The minimum Gasteiger partial charge on any atom is -0.493 e. The lowest BCUT2D eigenvalue weighted by atomic mass is 10.1. The van der Waals surface area contributed by atoms with Gasteiger partial charge in [0.1, 0.15) is 0 Å². The van der Waals surface area contributed by atoms with E-state index in [9.17, 15) is 13.2 Å². The molecule has 1 atom stereocenters. The van der Waals surface area contributed by atoms with Crippen LogP contribution in [0.4, 0.5) is 5.69 Å². The van der Waals surface area contributed by atoms with Crippen molar-refractivity contribution in [3.63, 3.8) is 0 Å². The monoisotopic (exact) mass is 406 g/mol. The summed E-state index contributed by atoms with van der Waals surface area (Å²) in [6, 6.07) is 11.6. The van der Waals surface area contributed by atoms with Gasteiger partial charge in [0.15, 0.2) is 11.5 Å². The molecule has 0 aliphatic rings. The number of nitrogens with one attached hydrogen (secondary N) is 1. The van der Waals surface area contributed by atoms with Gasteiger partial charge in [-0.25, -0.2) is 8.42 Å². The zero-order valence-corrected chi connectivity index (χ0v) is 17.5. The lowest BCUT2D eigenvalue weighted by molar-refractivity contribution is 0.0940. The Labute approximate surface area is 166 Å². The number of hydrogen-bond donors (Lipinski definition) is 1. The number of sulfonamides is 1. The standard InChI is InChI=1S/C20H26N2O5S/c1-6-28(24,25)22(3)17-10-7-15(8-11-17)20(23)21-14(2)16-9-12-18(26-4)19(13-16)27-5/h7-14H,6H2,1-5H3,(H,21,23)/t14-/m0/s1. The van der Waals surface area contributed by atoms with Crippen molar-refractivity contribution in [1.82, 2.24) is 5.32 Å². The maximum absolute atomic E-state index is 12.5. The molecular formula is C20H26N2O5S. The van der Waals surface area contributed by atoms with Crippen LogP contribution in [-0.2, 0) is 10.0 Å². The van der Waals surface area contributed by atoms with Crippen LogP contribution in [0.25, 0.3) is 0 Å². The first-order valence-electron chi connectivity index (χ1n) is 8.83. The van der Waals surface area contributed by atoms with Gasteiger partial charge in [-0.15, -0.1) is 0 Å². The normalized spacial score (nSPS) is 12.2. The molecule has 0 aliphatic heterocycles. The van der Waals surface area contributed by atoms with Crippen LogP contribution in [0.15, 0.2) is 42.5 Å². The molecule has 1 N–H and O–H groups in total. The Morgan fingerprint density at radius 2 is 1.68 bits per heavy atom. The number of ether oxygens (including phenoxy) is 2. The third kappa shape index (κ3) is 4.75. The Hall–Kier alpha value is -2.74. The van der Waals surface area contributed by atoms with Gasteiger partial charge in [-0.3, -0.25) is 9.10 Å². The maximum atomic E-state index is 12.5. The van der Waals surface area contributed by atoms with Gasteiger partial charge in [-0.2, -0.15) is 0 Å². The second kappa shape index (κ2) is 8.97. The third-order valence-electron chi connectivity index (χ3n) is 4.53. The summed E-state index contributed by atoms with van der Waals surface area (Å²) in [4.78, 5) is 12.5. The van der Waals surface area contributed by atoms with Crippen molar-refractivity contribution in [2.45, 2.75) is 19.9 Å². The molecule has 0 saturated carbocycles. The molecule has 0 spiro atoms. The number of carbonyl (C=O) groups excluding carboxylic acids is 1. The van der Waals surface area contributed by atoms with Gasteiger partial charge in [-0.05, 0) is 55.8 Å². The van der Waals surface area contributed by atoms with E-state index in [4.69, 9.17) is 9.47 Å². The van der Waals surface area contributed by atoms with E-state index >= 15 is 0 Å². The van der Waals surface area contributed by atoms with E-state index in [0.29, 0.717) is 22.7 Å². The van der Waals surface area contributed by atoms with Crippen molar-refractivity contribution < 1.29 is 22.7 Å². The van der Waals surface area contributed by atoms with Crippen molar-refractivity contribution >= 4 is 21.6 Å². The van der Waals surface area contributed by atoms with E-state index in [1.165, 1.54) is 11.4 Å². The zero-order chi connectivity index (χ0) is 20.9. The smallest absolute Gasteiger partial charge is 0.251 e. The maximum Gasteiger partial charge on any atom is 0.251 e. The molecular weight excluding hydrogens is 380 g/mol. The number of nitrogens with zero attached hydrogens (tertiary/aromatic N) is 1. The molecule has 0 aromatic heterocycles. The second-order valence-electron chi connectivity index (χ2n) is 6.22. The Kier molecular flexibility index (Phi) is 6.90. The molecule has 28 heavy (non-hydrogen) atoms. The molecule has 0 radical (unpaired) electrons. The van der Waals surface area contributed by atoms with Crippen LogP contribution in [-0.4, -0.2) is 41.3 Å². The predicted octanol–water partition coefficient (Wildman–Crippen LogP) is 2.98. The van der Waals surface area contributed by atoms with Crippen molar-refractivity contribution in [1.29, 1.82) is 0 Å². The van der Waals surface area contributed by atoms with E-state index in [-0.39, 0.29) is 17.7 Å². The molecule has 152 valence electrons. The highest BCUT2D eigenvalue weighted by molar-refractivity contribution is 7.92. The summed E-state index contributed by atoms with van der Waals surface area (Å²) in [6.45, 7) is 3.46. The molecule has 0 fully saturated rings. The summed E-state index contributed by atoms with van der Waals surface area (Å²) in [5.74, 6) is 0.959. The van der Waals surface area contributed by atoms with Crippen molar-refractivity contribution in [2.75, 3.05) is 31.3 Å². The van der Waals surface area contributed by atoms with Crippen molar-refractivity contribution in [3.05, 3.63) is 53.6 Å². The lowest BCUT2D eigenvalue weighted by Gasteiger charge is -2.19. The van der Waals surface area contributed by atoms with Crippen LogP contribution in [0.3, 0.4) is 0 Å².